The number of hydrogen-bond donors (Lipinski definition) is 1. The fraction of sp³-hybridized carbons (Fsp3) is 0.556. The van der Waals surface area contributed by atoms with Gasteiger partial charge in [-0.05, 0) is 26.2 Å². The van der Waals surface area contributed by atoms with Crippen molar-refractivity contribution >= 4 is 17.5 Å². The first-order valence-electron chi connectivity index (χ1n) is 8.90. The summed E-state index contributed by atoms with van der Waals surface area (Å²) < 4.78 is 1.35. The van der Waals surface area contributed by atoms with E-state index < -0.39 is 0 Å². The maximum atomic E-state index is 11.8. The first kappa shape index (κ1) is 18.2. The Morgan fingerprint density at radius 2 is 2.08 bits per heavy atom. The van der Waals surface area contributed by atoms with Crippen LogP contribution in [0.5, 0.6) is 0 Å². The minimum absolute atomic E-state index is 0.0765. The van der Waals surface area contributed by atoms with Gasteiger partial charge in [0.1, 0.15) is 5.82 Å². The second-order valence-corrected chi connectivity index (χ2v) is 7.13. The highest BCUT2D eigenvalue weighted by atomic mass is 16.1. The second-order valence-electron chi connectivity index (χ2n) is 7.13. The highest BCUT2D eigenvalue weighted by Gasteiger charge is 2.23. The van der Waals surface area contributed by atoms with Crippen LogP contribution in [0.4, 0.5) is 17.5 Å². The fourth-order valence-corrected chi connectivity index (χ4v) is 3.09. The first-order valence-corrected chi connectivity index (χ1v) is 8.90. The Hall–Kier alpha value is -2.64. The highest BCUT2D eigenvalue weighted by Crippen LogP contribution is 2.24. The molecule has 8 nitrogen and oxygen atoms in total. The molecule has 8 heteroatoms. The summed E-state index contributed by atoms with van der Waals surface area (Å²) in [7, 11) is 5.55. The minimum Gasteiger partial charge on any atom is -0.370 e. The van der Waals surface area contributed by atoms with E-state index in [0.717, 1.165) is 54.8 Å². The van der Waals surface area contributed by atoms with E-state index in [-0.39, 0.29) is 5.56 Å². The third-order valence-electron chi connectivity index (χ3n) is 4.94. The van der Waals surface area contributed by atoms with Gasteiger partial charge in [-0.1, -0.05) is 0 Å². The fourth-order valence-electron chi connectivity index (χ4n) is 3.09. The quantitative estimate of drug-likeness (QED) is 0.861. The van der Waals surface area contributed by atoms with Crippen LogP contribution in [0, 0.1) is 19.8 Å². The molecule has 26 heavy (non-hydrogen) atoms. The molecule has 1 fully saturated rings. The van der Waals surface area contributed by atoms with Crippen LogP contribution in [0.1, 0.15) is 17.7 Å². The summed E-state index contributed by atoms with van der Waals surface area (Å²) in [5.41, 5.74) is 2.90. The SMILES string of the molecule is Cc1nc(N(C)C)nc(NCC2CCN(c3cnn(C)c(=O)c3)C2)c1C. The van der Waals surface area contributed by atoms with Gasteiger partial charge in [-0.15, -0.1) is 0 Å². The third kappa shape index (κ3) is 3.79. The number of aryl methyl sites for hydroxylation is 2. The number of hydrogen-bond acceptors (Lipinski definition) is 7. The summed E-state index contributed by atoms with van der Waals surface area (Å²) in [6, 6.07) is 1.66. The summed E-state index contributed by atoms with van der Waals surface area (Å²) >= 11 is 0. The summed E-state index contributed by atoms with van der Waals surface area (Å²) in [5, 5.41) is 7.61. The lowest BCUT2D eigenvalue weighted by Gasteiger charge is -2.19. The molecule has 140 valence electrons. The van der Waals surface area contributed by atoms with Gasteiger partial charge in [-0.3, -0.25) is 4.79 Å². The monoisotopic (exact) mass is 357 g/mol. The molecule has 1 atom stereocenters. The van der Waals surface area contributed by atoms with E-state index in [1.165, 1.54) is 4.68 Å². The molecule has 0 radical (unpaired) electrons. The lowest BCUT2D eigenvalue weighted by atomic mass is 10.1. The lowest BCUT2D eigenvalue weighted by molar-refractivity contribution is 0.620. The zero-order valence-electron chi connectivity index (χ0n) is 16.2. The Bertz CT molecular complexity index is 846. The molecule has 0 aliphatic carbocycles. The van der Waals surface area contributed by atoms with Crippen molar-refractivity contribution < 1.29 is 0 Å². The van der Waals surface area contributed by atoms with E-state index in [1.54, 1.807) is 19.3 Å². The molecule has 0 aromatic carbocycles. The van der Waals surface area contributed by atoms with Gasteiger partial charge in [0.2, 0.25) is 5.95 Å². The molecular weight excluding hydrogens is 330 g/mol. The Labute approximate surface area is 153 Å². The summed E-state index contributed by atoms with van der Waals surface area (Å²) in [6.07, 6.45) is 2.84. The van der Waals surface area contributed by atoms with Gasteiger partial charge in [0.25, 0.3) is 5.56 Å². The Kier molecular flexibility index (Phi) is 5.11. The maximum Gasteiger partial charge on any atom is 0.268 e. The van der Waals surface area contributed by atoms with Crippen LogP contribution < -0.4 is 20.7 Å². The second kappa shape index (κ2) is 7.31. The average Bonchev–Trinajstić information content (AvgIpc) is 3.07. The average molecular weight is 357 g/mol. The van der Waals surface area contributed by atoms with Gasteiger partial charge in [-0.25, -0.2) is 9.67 Å². The van der Waals surface area contributed by atoms with Crippen LogP contribution in [0.3, 0.4) is 0 Å². The van der Waals surface area contributed by atoms with Gasteiger partial charge >= 0.3 is 0 Å². The number of rotatable bonds is 5. The number of nitrogens with zero attached hydrogens (tertiary/aromatic N) is 6. The summed E-state index contributed by atoms with van der Waals surface area (Å²) in [6.45, 7) is 6.75. The first-order chi connectivity index (χ1) is 12.3. The van der Waals surface area contributed by atoms with E-state index in [9.17, 15) is 4.79 Å². The van der Waals surface area contributed by atoms with Crippen LogP contribution in [0.2, 0.25) is 0 Å². The highest BCUT2D eigenvalue weighted by molar-refractivity contribution is 5.50. The number of nitrogens with one attached hydrogen (secondary N) is 1. The molecule has 1 N–H and O–H groups in total. The number of aromatic nitrogens is 4. The molecule has 0 spiro atoms. The Morgan fingerprint density at radius 1 is 1.31 bits per heavy atom. The smallest absolute Gasteiger partial charge is 0.268 e. The van der Waals surface area contributed by atoms with Crippen molar-refractivity contribution in [2.45, 2.75) is 20.3 Å². The molecule has 2 aromatic heterocycles. The number of anilines is 3. The molecule has 1 aliphatic heterocycles. The minimum atomic E-state index is -0.0765. The van der Waals surface area contributed by atoms with Crippen molar-refractivity contribution in [3.63, 3.8) is 0 Å². The van der Waals surface area contributed by atoms with Crippen molar-refractivity contribution in [1.82, 2.24) is 19.7 Å². The van der Waals surface area contributed by atoms with E-state index >= 15 is 0 Å². The predicted octanol–water partition coefficient (Wildman–Crippen LogP) is 1.19. The third-order valence-corrected chi connectivity index (χ3v) is 4.94. The van der Waals surface area contributed by atoms with Crippen molar-refractivity contribution in [2.75, 3.05) is 48.8 Å². The van der Waals surface area contributed by atoms with Gasteiger partial charge < -0.3 is 15.1 Å². The largest absolute Gasteiger partial charge is 0.370 e. The molecule has 0 bridgehead atoms. The molecule has 2 aromatic rings. The maximum absolute atomic E-state index is 11.8. The predicted molar refractivity (Wildman–Crippen MR) is 104 cm³/mol. The van der Waals surface area contributed by atoms with E-state index in [4.69, 9.17) is 0 Å². The zero-order valence-corrected chi connectivity index (χ0v) is 16.2. The van der Waals surface area contributed by atoms with Gasteiger partial charge in [0.05, 0.1) is 11.9 Å². The van der Waals surface area contributed by atoms with Gasteiger partial charge in [0.15, 0.2) is 0 Å². The van der Waals surface area contributed by atoms with Crippen molar-refractivity contribution in [3.05, 3.63) is 33.9 Å². The van der Waals surface area contributed by atoms with Crippen molar-refractivity contribution in [3.8, 4) is 0 Å². The van der Waals surface area contributed by atoms with E-state index in [0.29, 0.717) is 5.92 Å². The molecule has 0 amide bonds. The van der Waals surface area contributed by atoms with Crippen LogP contribution >= 0.6 is 0 Å². The van der Waals surface area contributed by atoms with Crippen LogP contribution in [0.15, 0.2) is 17.1 Å². The molecule has 3 heterocycles. The molecule has 1 unspecified atom stereocenters. The van der Waals surface area contributed by atoms with Crippen molar-refractivity contribution in [1.29, 1.82) is 0 Å². The normalized spacial score (nSPS) is 16.8. The topological polar surface area (TPSA) is 79.2 Å². The van der Waals surface area contributed by atoms with Crippen LogP contribution in [0.25, 0.3) is 0 Å². The van der Waals surface area contributed by atoms with E-state index in [1.807, 2.05) is 32.8 Å². The van der Waals surface area contributed by atoms with E-state index in [2.05, 4.69) is 25.3 Å². The zero-order chi connectivity index (χ0) is 18.8. The van der Waals surface area contributed by atoms with Gasteiger partial charge in [-0.2, -0.15) is 10.1 Å². The summed E-state index contributed by atoms with van der Waals surface area (Å²) in [5.74, 6) is 2.11. The molecule has 1 saturated heterocycles. The molecular formula is C18H27N7O. The molecule has 0 saturated carbocycles. The molecule has 1 aliphatic rings. The van der Waals surface area contributed by atoms with Crippen molar-refractivity contribution in [2.24, 2.45) is 13.0 Å². The Balaban J connectivity index is 1.65. The van der Waals surface area contributed by atoms with Crippen LogP contribution in [-0.4, -0.2) is 53.5 Å². The standard InChI is InChI=1S/C18H27N7O/c1-12-13(2)21-18(23(3)4)22-17(12)19-9-14-6-7-25(11-14)15-8-16(26)24(5)20-10-15/h8,10,14H,6-7,9,11H2,1-5H3,(H,19,21,22). The van der Waals surface area contributed by atoms with Gasteiger partial charge in [0, 0.05) is 58.1 Å². The molecule has 3 rings (SSSR count). The Morgan fingerprint density at radius 3 is 2.77 bits per heavy atom. The lowest BCUT2D eigenvalue weighted by Crippen LogP contribution is -2.26. The summed E-state index contributed by atoms with van der Waals surface area (Å²) in [4.78, 5) is 25.1. The van der Waals surface area contributed by atoms with Crippen LogP contribution in [-0.2, 0) is 7.05 Å².